The van der Waals surface area contributed by atoms with E-state index in [9.17, 15) is 23.4 Å². The van der Waals surface area contributed by atoms with E-state index in [0.29, 0.717) is 44.8 Å². The van der Waals surface area contributed by atoms with Gasteiger partial charge in [0.05, 0.1) is 19.6 Å². The minimum atomic E-state index is -1.65. The van der Waals surface area contributed by atoms with Crippen LogP contribution in [0.3, 0.4) is 0 Å². The predicted octanol–water partition coefficient (Wildman–Crippen LogP) is 1.61. The molecule has 2 aromatic carbocycles. The number of benzene rings is 2. The van der Waals surface area contributed by atoms with Gasteiger partial charge in [0.2, 0.25) is 23.6 Å². The molecule has 276 valence electrons. The smallest absolute Gasteiger partial charge is 0.239 e. The number of nitrogens with zero attached hydrogens (tertiary/aromatic N) is 3. The summed E-state index contributed by atoms with van der Waals surface area (Å²) in [6.45, 7) is 7.07. The number of allylic oxidation sites excluding steroid dienone is 2. The van der Waals surface area contributed by atoms with E-state index in [0.717, 1.165) is 22.4 Å². The Morgan fingerprint density at radius 1 is 0.843 bits per heavy atom. The summed E-state index contributed by atoms with van der Waals surface area (Å²) in [6.07, 6.45) is 7.47. The molecule has 0 aliphatic carbocycles. The SMILES string of the molecule is C/C=C(\C=C/CC=N)CNC(=O)CNC(=O)C(Cc1ccc(NC(=O)CN2CCN(CC(=O)Nc3ccc(C)cc3)CC2)cc1)NS(=O)N(C)C. The first-order chi connectivity index (χ1) is 24.4. The number of anilines is 2. The van der Waals surface area contributed by atoms with Gasteiger partial charge in [-0.2, -0.15) is 0 Å². The van der Waals surface area contributed by atoms with Crippen LogP contribution in [0.1, 0.15) is 24.5 Å². The van der Waals surface area contributed by atoms with E-state index in [4.69, 9.17) is 5.41 Å². The Hall–Kier alpha value is -4.54. The third-order valence-corrected chi connectivity index (χ3v) is 9.12. The van der Waals surface area contributed by atoms with Gasteiger partial charge < -0.3 is 26.7 Å². The molecule has 0 radical (unpaired) electrons. The van der Waals surface area contributed by atoms with Crippen LogP contribution < -0.4 is 26.0 Å². The van der Waals surface area contributed by atoms with Crippen LogP contribution >= 0.6 is 0 Å². The monoisotopic (exact) mass is 721 g/mol. The Kier molecular flexibility index (Phi) is 17.3. The Labute approximate surface area is 303 Å². The highest BCUT2D eigenvalue weighted by Gasteiger charge is 2.23. The van der Waals surface area contributed by atoms with Crippen molar-refractivity contribution in [2.75, 3.05) is 77.1 Å². The first-order valence-electron chi connectivity index (χ1n) is 16.9. The topological polar surface area (TPSA) is 179 Å². The normalized spacial score (nSPS) is 15.3. The maximum Gasteiger partial charge on any atom is 0.239 e. The number of hydrogen-bond donors (Lipinski definition) is 6. The van der Waals surface area contributed by atoms with Gasteiger partial charge in [-0.1, -0.05) is 48.1 Å². The number of carbonyl (C=O) groups excluding carboxylic acids is 4. The molecule has 3 rings (SSSR count). The number of amides is 4. The molecule has 0 bridgehead atoms. The van der Waals surface area contributed by atoms with E-state index in [1.54, 1.807) is 38.4 Å². The van der Waals surface area contributed by atoms with Crippen LogP contribution in [0, 0.1) is 12.3 Å². The molecule has 0 saturated carbocycles. The zero-order valence-electron chi connectivity index (χ0n) is 29.9. The molecular formula is C36H51N9O5S. The van der Waals surface area contributed by atoms with Crippen LogP contribution in [-0.2, 0) is 36.8 Å². The highest BCUT2D eigenvalue weighted by Crippen LogP contribution is 2.13. The number of rotatable bonds is 19. The standard InChI is InChI=1S/C36H51N9O5S/c1-5-28(8-6-7-17-37)23-38-33(46)24-39-36(49)32(42-51(50)43(3)4)22-29-11-15-31(16-12-29)41-35(48)26-45-20-18-44(19-21-45)25-34(47)40-30-13-9-27(2)10-14-30/h5-6,8-17,32,37,42H,7,18-26H2,1-4H3,(H,38,46)(H,39,49)(H,40,47)(H,41,48)/b8-6-,28-5+,37-17?. The lowest BCUT2D eigenvalue weighted by molar-refractivity contribution is -0.126. The summed E-state index contributed by atoms with van der Waals surface area (Å²) in [5.41, 5.74) is 4.13. The first-order valence-corrected chi connectivity index (χ1v) is 18.0. The molecule has 2 aromatic rings. The van der Waals surface area contributed by atoms with Gasteiger partial charge in [0.1, 0.15) is 6.04 Å². The van der Waals surface area contributed by atoms with E-state index in [1.165, 1.54) is 10.5 Å². The maximum absolute atomic E-state index is 13.1. The number of aryl methyl sites for hydroxylation is 1. The number of carbonyl (C=O) groups is 4. The molecule has 2 unspecified atom stereocenters. The highest BCUT2D eigenvalue weighted by atomic mass is 32.2. The first kappa shape index (κ1) is 40.9. The fourth-order valence-electron chi connectivity index (χ4n) is 5.02. The predicted molar refractivity (Wildman–Crippen MR) is 203 cm³/mol. The summed E-state index contributed by atoms with van der Waals surface area (Å²) in [4.78, 5) is 54.9. The van der Waals surface area contributed by atoms with Crippen LogP contribution in [0.25, 0.3) is 0 Å². The lowest BCUT2D eigenvalue weighted by Gasteiger charge is -2.33. The fourth-order valence-corrected chi connectivity index (χ4v) is 5.67. The summed E-state index contributed by atoms with van der Waals surface area (Å²) in [5.74, 6) is -1.08. The third kappa shape index (κ3) is 15.5. The summed E-state index contributed by atoms with van der Waals surface area (Å²) in [5, 5.41) is 18.3. The van der Waals surface area contributed by atoms with E-state index in [1.807, 2.05) is 56.3 Å². The van der Waals surface area contributed by atoms with E-state index < -0.39 is 23.1 Å². The number of hydrogen-bond acceptors (Lipinski definition) is 8. The molecule has 15 heteroatoms. The second-order valence-electron chi connectivity index (χ2n) is 12.3. The van der Waals surface area contributed by atoms with Crippen molar-refractivity contribution in [2.45, 2.75) is 32.7 Å². The lowest BCUT2D eigenvalue weighted by atomic mass is 10.1. The summed E-state index contributed by atoms with van der Waals surface area (Å²) in [6, 6.07) is 13.8. The van der Waals surface area contributed by atoms with Crippen molar-refractivity contribution in [3.8, 4) is 0 Å². The Balaban J connectivity index is 1.44. The van der Waals surface area contributed by atoms with Gasteiger partial charge in [-0.3, -0.25) is 29.0 Å². The Morgan fingerprint density at radius 2 is 1.39 bits per heavy atom. The van der Waals surface area contributed by atoms with Crippen molar-refractivity contribution in [1.82, 2.24) is 29.5 Å². The molecule has 2 atom stereocenters. The van der Waals surface area contributed by atoms with Crippen LogP contribution in [0.15, 0.2) is 72.3 Å². The summed E-state index contributed by atoms with van der Waals surface area (Å²) >= 11 is -1.65. The van der Waals surface area contributed by atoms with Gasteiger partial charge in [0, 0.05) is 64.6 Å². The zero-order chi connectivity index (χ0) is 37.2. The molecule has 14 nitrogen and oxygen atoms in total. The zero-order valence-corrected chi connectivity index (χ0v) is 30.7. The molecule has 51 heavy (non-hydrogen) atoms. The Bertz CT molecular complexity index is 1550. The summed E-state index contributed by atoms with van der Waals surface area (Å²) in [7, 11) is 3.23. The van der Waals surface area contributed by atoms with E-state index in [2.05, 4.69) is 35.8 Å². The quantitative estimate of drug-likeness (QED) is 0.0943. The molecule has 1 fully saturated rings. The van der Waals surface area contributed by atoms with E-state index >= 15 is 0 Å². The van der Waals surface area contributed by atoms with Gasteiger partial charge in [0.25, 0.3) is 0 Å². The van der Waals surface area contributed by atoms with Gasteiger partial charge in [0.15, 0.2) is 11.2 Å². The molecule has 1 aliphatic heterocycles. The second kappa shape index (κ2) is 21.6. The maximum atomic E-state index is 13.1. The molecule has 4 amide bonds. The van der Waals surface area contributed by atoms with Crippen LogP contribution in [0.2, 0.25) is 0 Å². The lowest BCUT2D eigenvalue weighted by Crippen LogP contribution is -2.50. The van der Waals surface area contributed by atoms with Crippen molar-refractivity contribution in [1.29, 1.82) is 5.41 Å². The molecule has 0 spiro atoms. The van der Waals surface area contributed by atoms with Crippen molar-refractivity contribution in [3.63, 3.8) is 0 Å². The molecule has 1 aliphatic rings. The molecular weight excluding hydrogens is 671 g/mol. The van der Waals surface area contributed by atoms with Crippen molar-refractivity contribution < 1.29 is 23.4 Å². The summed E-state index contributed by atoms with van der Waals surface area (Å²) < 4.78 is 16.8. The second-order valence-corrected chi connectivity index (χ2v) is 13.8. The van der Waals surface area contributed by atoms with Crippen LogP contribution in [0.5, 0.6) is 0 Å². The number of piperazine rings is 1. The van der Waals surface area contributed by atoms with Gasteiger partial charge >= 0.3 is 0 Å². The van der Waals surface area contributed by atoms with Crippen LogP contribution in [-0.4, -0.2) is 121 Å². The highest BCUT2D eigenvalue weighted by molar-refractivity contribution is 7.80. The van der Waals surface area contributed by atoms with Gasteiger partial charge in [-0.05, 0) is 61.9 Å². The van der Waals surface area contributed by atoms with Crippen molar-refractivity contribution in [2.24, 2.45) is 0 Å². The molecule has 1 saturated heterocycles. The van der Waals surface area contributed by atoms with E-state index in [-0.39, 0.29) is 43.8 Å². The molecule has 6 N–H and O–H groups in total. The minimum absolute atomic E-state index is 0.0653. The Morgan fingerprint density at radius 3 is 1.90 bits per heavy atom. The average Bonchev–Trinajstić information content (AvgIpc) is 3.10. The largest absolute Gasteiger partial charge is 0.351 e. The van der Waals surface area contributed by atoms with Gasteiger partial charge in [-0.25, -0.2) is 13.2 Å². The van der Waals surface area contributed by atoms with Crippen LogP contribution in [0.4, 0.5) is 11.4 Å². The fraction of sp³-hybridized carbons (Fsp3) is 0.417. The van der Waals surface area contributed by atoms with Crippen molar-refractivity contribution in [3.05, 3.63) is 83.5 Å². The average molecular weight is 722 g/mol. The van der Waals surface area contributed by atoms with Crippen molar-refractivity contribution >= 4 is 52.4 Å². The minimum Gasteiger partial charge on any atom is -0.351 e. The molecule has 0 aromatic heterocycles. The number of nitrogens with one attached hydrogen (secondary N) is 6. The molecule has 1 heterocycles. The van der Waals surface area contributed by atoms with Gasteiger partial charge in [-0.15, -0.1) is 0 Å². The third-order valence-electron chi connectivity index (χ3n) is 7.97.